The fraction of sp³-hybridized carbons (Fsp3) is 0.579. The Labute approximate surface area is 167 Å². The molecule has 29 heavy (non-hydrogen) atoms. The first-order valence-corrected chi connectivity index (χ1v) is 9.61. The van der Waals surface area contributed by atoms with Gasteiger partial charge in [0.25, 0.3) is 0 Å². The summed E-state index contributed by atoms with van der Waals surface area (Å²) >= 11 is 0. The normalized spacial score (nSPS) is 21.7. The van der Waals surface area contributed by atoms with Gasteiger partial charge in [0.2, 0.25) is 11.8 Å². The highest BCUT2D eigenvalue weighted by atomic mass is 19.2. The van der Waals surface area contributed by atoms with Gasteiger partial charge in [0.05, 0.1) is 13.2 Å². The van der Waals surface area contributed by atoms with Gasteiger partial charge in [0.1, 0.15) is 11.9 Å². The molecule has 0 spiro atoms. The molecule has 0 bridgehead atoms. The fourth-order valence-corrected chi connectivity index (χ4v) is 3.64. The van der Waals surface area contributed by atoms with Crippen LogP contribution in [0.3, 0.4) is 0 Å². The maximum Gasteiger partial charge on any atom is 0.244 e. The monoisotopic (exact) mass is 414 g/mol. The molecule has 0 saturated carbocycles. The number of ether oxygens (including phenoxy) is 1. The largest absolute Gasteiger partial charge is 0.379 e. The standard InChI is InChI=1S/C19H25F3N4O3/c20-14-10-16(22)15(21)8-12(14)7-13(23)9-18(27)26-2-1-24-19(28)17(26)11-25-3-5-29-6-4-25/h8,10,13,17H,1-7,9,11,23H2,(H,24,28)/t13-,17-/m1/s1. The number of hydrogen-bond donors (Lipinski definition) is 2. The van der Waals surface area contributed by atoms with Gasteiger partial charge in [-0.05, 0) is 18.1 Å². The van der Waals surface area contributed by atoms with Crippen LogP contribution in [-0.4, -0.2) is 79.6 Å². The lowest BCUT2D eigenvalue weighted by Crippen LogP contribution is -2.61. The SMILES string of the molecule is N[C@@H](CC(=O)N1CCNC(=O)[C@H]1CN1CCOCC1)Cc1cc(F)c(F)cc1F. The third kappa shape index (κ3) is 5.46. The van der Waals surface area contributed by atoms with Crippen molar-refractivity contribution in [2.75, 3.05) is 45.9 Å². The first kappa shape index (κ1) is 21.5. The molecule has 2 saturated heterocycles. The number of nitrogens with two attached hydrogens (primary N) is 1. The van der Waals surface area contributed by atoms with E-state index in [2.05, 4.69) is 10.2 Å². The van der Waals surface area contributed by atoms with E-state index >= 15 is 0 Å². The van der Waals surface area contributed by atoms with Crippen LogP contribution in [0.15, 0.2) is 12.1 Å². The number of hydrogen-bond acceptors (Lipinski definition) is 5. The summed E-state index contributed by atoms with van der Waals surface area (Å²) in [5, 5.41) is 2.77. The van der Waals surface area contributed by atoms with Crippen molar-refractivity contribution in [2.45, 2.75) is 24.9 Å². The van der Waals surface area contributed by atoms with Crippen LogP contribution in [0, 0.1) is 17.5 Å². The molecule has 2 amide bonds. The van der Waals surface area contributed by atoms with Gasteiger partial charge in [-0.25, -0.2) is 13.2 Å². The number of nitrogens with one attached hydrogen (secondary N) is 1. The number of nitrogens with zero attached hydrogens (tertiary/aromatic N) is 2. The highest BCUT2D eigenvalue weighted by Crippen LogP contribution is 2.17. The van der Waals surface area contributed by atoms with Crippen LogP contribution in [0.2, 0.25) is 0 Å². The van der Waals surface area contributed by atoms with Crippen molar-refractivity contribution >= 4 is 11.8 Å². The van der Waals surface area contributed by atoms with E-state index in [1.165, 1.54) is 4.90 Å². The molecule has 7 nitrogen and oxygen atoms in total. The Morgan fingerprint density at radius 2 is 1.86 bits per heavy atom. The minimum atomic E-state index is -1.28. The summed E-state index contributed by atoms with van der Waals surface area (Å²) in [6.45, 7) is 3.61. The molecule has 3 rings (SSSR count). The van der Waals surface area contributed by atoms with E-state index in [0.717, 1.165) is 6.07 Å². The quantitative estimate of drug-likeness (QED) is 0.641. The molecule has 10 heteroatoms. The molecule has 1 aromatic rings. The van der Waals surface area contributed by atoms with Crippen LogP contribution in [0.25, 0.3) is 0 Å². The molecular weight excluding hydrogens is 389 g/mol. The molecule has 2 heterocycles. The first-order chi connectivity index (χ1) is 13.8. The van der Waals surface area contributed by atoms with Crippen molar-refractivity contribution < 1.29 is 27.5 Å². The number of piperazine rings is 1. The number of benzene rings is 1. The van der Waals surface area contributed by atoms with Crippen LogP contribution in [0.1, 0.15) is 12.0 Å². The summed E-state index contributed by atoms with van der Waals surface area (Å²) in [5.74, 6) is -3.90. The van der Waals surface area contributed by atoms with Crippen LogP contribution in [0.5, 0.6) is 0 Å². The molecule has 2 aliphatic rings. The summed E-state index contributed by atoms with van der Waals surface area (Å²) < 4.78 is 45.6. The zero-order valence-electron chi connectivity index (χ0n) is 16.0. The summed E-state index contributed by atoms with van der Waals surface area (Å²) in [4.78, 5) is 28.7. The molecular formula is C19H25F3N4O3. The predicted octanol–water partition coefficient (Wildman–Crippen LogP) is 0.0230. The molecule has 3 N–H and O–H groups in total. The van der Waals surface area contributed by atoms with Gasteiger partial charge < -0.3 is 20.7 Å². The number of amides is 2. The number of rotatable bonds is 6. The Morgan fingerprint density at radius 3 is 2.59 bits per heavy atom. The second kappa shape index (κ2) is 9.55. The van der Waals surface area contributed by atoms with Crippen molar-refractivity contribution in [3.63, 3.8) is 0 Å². The van der Waals surface area contributed by atoms with E-state index < -0.39 is 29.5 Å². The van der Waals surface area contributed by atoms with Crippen LogP contribution in [-0.2, 0) is 20.7 Å². The third-order valence-corrected chi connectivity index (χ3v) is 5.19. The van der Waals surface area contributed by atoms with Gasteiger partial charge in [0, 0.05) is 51.3 Å². The Kier molecular flexibility index (Phi) is 7.09. The van der Waals surface area contributed by atoms with Gasteiger partial charge in [-0.3, -0.25) is 14.5 Å². The summed E-state index contributed by atoms with van der Waals surface area (Å²) in [6.07, 6.45) is -0.256. The Morgan fingerprint density at radius 1 is 1.17 bits per heavy atom. The van der Waals surface area contributed by atoms with E-state index in [1.54, 1.807) is 0 Å². The lowest BCUT2D eigenvalue weighted by molar-refractivity contribution is -0.144. The zero-order valence-corrected chi connectivity index (χ0v) is 16.0. The van der Waals surface area contributed by atoms with Gasteiger partial charge in [-0.15, -0.1) is 0 Å². The molecule has 2 atom stereocenters. The smallest absolute Gasteiger partial charge is 0.244 e. The molecule has 1 aromatic carbocycles. The highest BCUT2D eigenvalue weighted by Gasteiger charge is 2.35. The van der Waals surface area contributed by atoms with E-state index in [4.69, 9.17) is 10.5 Å². The van der Waals surface area contributed by atoms with Crippen LogP contribution in [0.4, 0.5) is 13.2 Å². The predicted molar refractivity (Wildman–Crippen MR) is 98.4 cm³/mol. The molecule has 0 radical (unpaired) electrons. The average molecular weight is 414 g/mol. The number of halogens is 3. The Bertz CT molecular complexity index is 758. The minimum absolute atomic E-state index is 0.0922. The van der Waals surface area contributed by atoms with Crippen molar-refractivity contribution in [2.24, 2.45) is 5.73 Å². The third-order valence-electron chi connectivity index (χ3n) is 5.19. The number of carbonyl (C=O) groups excluding carboxylic acids is 2. The number of morpholine rings is 1. The Balaban J connectivity index is 1.62. The second-order valence-corrected chi connectivity index (χ2v) is 7.33. The lowest BCUT2D eigenvalue weighted by atomic mass is 10.0. The molecule has 160 valence electrons. The topological polar surface area (TPSA) is 87.9 Å². The van der Waals surface area contributed by atoms with Crippen molar-refractivity contribution in [3.05, 3.63) is 35.1 Å². The van der Waals surface area contributed by atoms with E-state index in [1.807, 2.05) is 0 Å². The molecule has 2 aliphatic heterocycles. The summed E-state index contributed by atoms with van der Waals surface area (Å²) in [6, 6.07) is -0.214. The summed E-state index contributed by atoms with van der Waals surface area (Å²) in [7, 11) is 0. The first-order valence-electron chi connectivity index (χ1n) is 9.61. The van der Waals surface area contributed by atoms with Crippen molar-refractivity contribution in [1.29, 1.82) is 0 Å². The molecule has 2 fully saturated rings. The van der Waals surface area contributed by atoms with Crippen LogP contribution >= 0.6 is 0 Å². The highest BCUT2D eigenvalue weighted by molar-refractivity contribution is 5.89. The molecule has 0 unspecified atom stereocenters. The lowest BCUT2D eigenvalue weighted by Gasteiger charge is -2.39. The van der Waals surface area contributed by atoms with E-state index in [9.17, 15) is 22.8 Å². The average Bonchev–Trinajstić information content (AvgIpc) is 2.68. The maximum atomic E-state index is 13.8. The maximum absolute atomic E-state index is 13.8. The Hall–Kier alpha value is -2.17. The number of carbonyl (C=O) groups is 2. The molecule has 0 aromatic heterocycles. The minimum Gasteiger partial charge on any atom is -0.379 e. The van der Waals surface area contributed by atoms with E-state index in [-0.39, 0.29) is 30.2 Å². The van der Waals surface area contributed by atoms with Gasteiger partial charge >= 0.3 is 0 Å². The molecule has 0 aliphatic carbocycles. The van der Waals surface area contributed by atoms with Gasteiger partial charge in [-0.2, -0.15) is 0 Å². The van der Waals surface area contributed by atoms with Crippen LogP contribution < -0.4 is 11.1 Å². The summed E-state index contributed by atoms with van der Waals surface area (Å²) in [5.41, 5.74) is 5.88. The fourth-order valence-electron chi connectivity index (χ4n) is 3.64. The second-order valence-electron chi connectivity index (χ2n) is 7.33. The zero-order chi connectivity index (χ0) is 21.0. The van der Waals surface area contributed by atoms with Crippen molar-refractivity contribution in [3.8, 4) is 0 Å². The van der Waals surface area contributed by atoms with E-state index in [0.29, 0.717) is 52.0 Å². The van der Waals surface area contributed by atoms with Crippen molar-refractivity contribution in [1.82, 2.24) is 15.1 Å². The van der Waals surface area contributed by atoms with Gasteiger partial charge in [0.15, 0.2) is 11.6 Å². The van der Waals surface area contributed by atoms with Gasteiger partial charge in [-0.1, -0.05) is 0 Å².